The number of hydrogen-bond donors (Lipinski definition) is 0. The number of nitriles is 1. The van der Waals surface area contributed by atoms with Crippen LogP contribution in [0, 0.1) is 11.3 Å². The summed E-state index contributed by atoms with van der Waals surface area (Å²) in [5, 5.41) is 8.68. The van der Waals surface area contributed by atoms with Crippen molar-refractivity contribution in [3.63, 3.8) is 0 Å². The minimum atomic E-state index is 0.0877. The van der Waals surface area contributed by atoms with Crippen molar-refractivity contribution in [2.24, 2.45) is 0 Å². The molecule has 3 nitrogen and oxygen atoms in total. The third-order valence-corrected chi connectivity index (χ3v) is 2.95. The monoisotopic (exact) mass is 220 g/mol. The van der Waals surface area contributed by atoms with E-state index in [2.05, 4.69) is 12.1 Å². The zero-order valence-electron chi connectivity index (χ0n) is 10.2. The molecule has 0 saturated carbocycles. The number of nitrogens with zero attached hydrogens (tertiary/aromatic N) is 2. The highest BCUT2D eigenvalue weighted by Crippen LogP contribution is 2.21. The molecule has 0 bridgehead atoms. The summed E-state index contributed by atoms with van der Waals surface area (Å²) in [5.41, 5.74) is 1.25. The zero-order valence-corrected chi connectivity index (χ0v) is 10.2. The van der Waals surface area contributed by atoms with E-state index < -0.39 is 0 Å². The van der Waals surface area contributed by atoms with Crippen LogP contribution >= 0.6 is 0 Å². The van der Waals surface area contributed by atoms with Gasteiger partial charge in [-0.15, -0.1) is 0 Å². The molecule has 1 aliphatic carbocycles. The lowest BCUT2D eigenvalue weighted by atomic mass is 9.96. The van der Waals surface area contributed by atoms with Gasteiger partial charge in [-0.2, -0.15) is 5.26 Å². The minimum absolute atomic E-state index is 0.0877. The van der Waals surface area contributed by atoms with Crippen molar-refractivity contribution in [2.45, 2.75) is 52.0 Å². The molecule has 0 saturated heterocycles. The van der Waals surface area contributed by atoms with E-state index >= 15 is 0 Å². The molecule has 1 rings (SSSR count). The summed E-state index contributed by atoms with van der Waals surface area (Å²) in [6, 6.07) is 2.16. The first-order valence-electron chi connectivity index (χ1n) is 5.99. The number of allylic oxidation sites excluding steroid dienone is 1. The second-order valence-electron chi connectivity index (χ2n) is 4.56. The van der Waals surface area contributed by atoms with Crippen LogP contribution in [0.5, 0.6) is 0 Å². The fraction of sp³-hybridized carbons (Fsp3) is 0.692. The van der Waals surface area contributed by atoms with Gasteiger partial charge >= 0.3 is 0 Å². The molecular weight excluding hydrogens is 200 g/mol. The van der Waals surface area contributed by atoms with Crippen LogP contribution in [-0.4, -0.2) is 23.4 Å². The van der Waals surface area contributed by atoms with Gasteiger partial charge in [0.15, 0.2) is 0 Å². The van der Waals surface area contributed by atoms with Crippen LogP contribution < -0.4 is 0 Å². The third kappa shape index (κ3) is 3.69. The fourth-order valence-electron chi connectivity index (χ4n) is 2.00. The Labute approximate surface area is 97.7 Å². The standard InChI is InChI=1S/C13H20N2O/c1-11(2)15(9-8-14)13(16)10-12-6-4-3-5-7-12/h6,11H,3-5,7,9-10H2,1-2H3. The van der Waals surface area contributed by atoms with E-state index in [9.17, 15) is 4.79 Å². The molecule has 0 aromatic rings. The molecule has 1 amide bonds. The van der Waals surface area contributed by atoms with Crippen molar-refractivity contribution in [3.8, 4) is 6.07 Å². The molecule has 16 heavy (non-hydrogen) atoms. The van der Waals surface area contributed by atoms with Crippen LogP contribution in [0.2, 0.25) is 0 Å². The maximum Gasteiger partial charge on any atom is 0.227 e. The van der Waals surface area contributed by atoms with E-state index in [0.717, 1.165) is 12.8 Å². The molecule has 3 heteroatoms. The van der Waals surface area contributed by atoms with E-state index in [1.165, 1.54) is 18.4 Å². The molecule has 1 aliphatic rings. The van der Waals surface area contributed by atoms with Crippen LogP contribution in [0.3, 0.4) is 0 Å². The Morgan fingerprint density at radius 2 is 2.31 bits per heavy atom. The van der Waals surface area contributed by atoms with E-state index in [1.54, 1.807) is 4.90 Å². The highest BCUT2D eigenvalue weighted by Gasteiger charge is 2.18. The van der Waals surface area contributed by atoms with Crippen LogP contribution in [0.1, 0.15) is 46.0 Å². The molecule has 88 valence electrons. The van der Waals surface area contributed by atoms with E-state index in [1.807, 2.05) is 13.8 Å². The van der Waals surface area contributed by atoms with Gasteiger partial charge in [-0.1, -0.05) is 11.6 Å². The van der Waals surface area contributed by atoms with Gasteiger partial charge in [0.2, 0.25) is 5.91 Å². The van der Waals surface area contributed by atoms with Gasteiger partial charge in [0.25, 0.3) is 0 Å². The third-order valence-electron chi connectivity index (χ3n) is 2.95. The fourth-order valence-corrected chi connectivity index (χ4v) is 2.00. The summed E-state index contributed by atoms with van der Waals surface area (Å²) >= 11 is 0. The summed E-state index contributed by atoms with van der Waals surface area (Å²) in [4.78, 5) is 13.6. The average molecular weight is 220 g/mol. The Morgan fingerprint density at radius 3 is 2.81 bits per heavy atom. The van der Waals surface area contributed by atoms with Crippen LogP contribution in [0.15, 0.2) is 11.6 Å². The largest absolute Gasteiger partial charge is 0.327 e. The van der Waals surface area contributed by atoms with Crippen molar-refractivity contribution < 1.29 is 4.79 Å². The molecule has 0 aliphatic heterocycles. The predicted octanol–water partition coefficient (Wildman–Crippen LogP) is 2.64. The Bertz CT molecular complexity index is 312. The summed E-state index contributed by atoms with van der Waals surface area (Å²) in [7, 11) is 0. The van der Waals surface area contributed by atoms with Crippen molar-refractivity contribution in [1.82, 2.24) is 4.90 Å². The number of carbonyl (C=O) groups is 1. The van der Waals surface area contributed by atoms with E-state index in [0.29, 0.717) is 6.42 Å². The van der Waals surface area contributed by atoms with Gasteiger partial charge < -0.3 is 4.90 Å². The van der Waals surface area contributed by atoms with Gasteiger partial charge in [0.05, 0.1) is 6.07 Å². The summed E-state index contributed by atoms with van der Waals surface area (Å²) in [6.45, 7) is 4.10. The van der Waals surface area contributed by atoms with Gasteiger partial charge in [0, 0.05) is 12.5 Å². The first-order chi connectivity index (χ1) is 7.65. The first kappa shape index (κ1) is 12.8. The van der Waals surface area contributed by atoms with Crippen LogP contribution in [0.4, 0.5) is 0 Å². The van der Waals surface area contributed by atoms with Gasteiger partial charge in [-0.25, -0.2) is 0 Å². The molecule has 0 aromatic carbocycles. The predicted molar refractivity (Wildman–Crippen MR) is 63.6 cm³/mol. The van der Waals surface area contributed by atoms with E-state index in [4.69, 9.17) is 5.26 Å². The topological polar surface area (TPSA) is 44.1 Å². The Hall–Kier alpha value is -1.30. The normalized spacial score (nSPS) is 15.5. The van der Waals surface area contributed by atoms with E-state index in [-0.39, 0.29) is 18.5 Å². The summed E-state index contributed by atoms with van der Waals surface area (Å²) < 4.78 is 0. The molecule has 0 fully saturated rings. The van der Waals surface area contributed by atoms with Gasteiger partial charge in [-0.05, 0) is 39.5 Å². The lowest BCUT2D eigenvalue weighted by molar-refractivity contribution is -0.131. The minimum Gasteiger partial charge on any atom is -0.327 e. The Morgan fingerprint density at radius 1 is 1.56 bits per heavy atom. The number of amides is 1. The number of rotatable bonds is 4. The molecular formula is C13H20N2O. The summed E-state index contributed by atoms with van der Waals surface area (Å²) in [6.07, 6.45) is 7.27. The van der Waals surface area contributed by atoms with Crippen LogP contribution in [-0.2, 0) is 4.79 Å². The lowest BCUT2D eigenvalue weighted by Crippen LogP contribution is -2.37. The SMILES string of the molecule is CC(C)N(CC#N)C(=O)CC1=CCCCC1. The van der Waals surface area contributed by atoms with Crippen molar-refractivity contribution >= 4 is 5.91 Å². The maximum atomic E-state index is 12.0. The second-order valence-corrected chi connectivity index (χ2v) is 4.56. The smallest absolute Gasteiger partial charge is 0.227 e. The highest BCUT2D eigenvalue weighted by molar-refractivity contribution is 5.79. The maximum absolute atomic E-state index is 12.0. The first-order valence-corrected chi connectivity index (χ1v) is 5.99. The molecule has 0 atom stereocenters. The van der Waals surface area contributed by atoms with Crippen molar-refractivity contribution in [3.05, 3.63) is 11.6 Å². The highest BCUT2D eigenvalue weighted by atomic mass is 16.2. The number of hydrogen-bond acceptors (Lipinski definition) is 2. The molecule has 0 aromatic heterocycles. The Balaban J connectivity index is 2.55. The van der Waals surface area contributed by atoms with Crippen LogP contribution in [0.25, 0.3) is 0 Å². The molecule has 0 unspecified atom stereocenters. The molecule has 0 N–H and O–H groups in total. The lowest BCUT2D eigenvalue weighted by Gasteiger charge is -2.25. The quantitative estimate of drug-likeness (QED) is 0.540. The molecule has 0 spiro atoms. The average Bonchev–Trinajstić information content (AvgIpc) is 2.26. The summed E-state index contributed by atoms with van der Waals surface area (Å²) in [5.74, 6) is 0.0877. The number of carbonyl (C=O) groups excluding carboxylic acids is 1. The van der Waals surface area contributed by atoms with Crippen molar-refractivity contribution in [1.29, 1.82) is 5.26 Å². The van der Waals surface area contributed by atoms with Crippen molar-refractivity contribution in [2.75, 3.05) is 6.54 Å². The zero-order chi connectivity index (χ0) is 12.0. The molecule has 0 radical (unpaired) electrons. The van der Waals surface area contributed by atoms with Gasteiger partial charge in [0.1, 0.15) is 6.54 Å². The van der Waals surface area contributed by atoms with Gasteiger partial charge in [-0.3, -0.25) is 4.79 Å². The Kier molecular flexibility index (Phi) is 5.04. The second kappa shape index (κ2) is 6.32. The molecule has 0 heterocycles.